The average molecular weight is 433 g/mol. The predicted molar refractivity (Wildman–Crippen MR) is 127 cm³/mol. The number of Topliss-reactive ketones (excluding diaryl/α,β-unsaturated/α-hetero) is 1. The molecule has 0 atom stereocenters. The summed E-state index contributed by atoms with van der Waals surface area (Å²) in [5, 5.41) is 0. The van der Waals surface area contributed by atoms with Gasteiger partial charge in [-0.3, -0.25) is 4.79 Å². The fourth-order valence-corrected chi connectivity index (χ4v) is 3.59. The maximum absolute atomic E-state index is 13.2. The summed E-state index contributed by atoms with van der Waals surface area (Å²) >= 11 is 0. The molecule has 1 aliphatic heterocycles. The van der Waals surface area contributed by atoms with E-state index in [4.69, 9.17) is 9.47 Å². The number of rotatable bonds is 4. The minimum atomic E-state index is -0.572. The molecule has 5 nitrogen and oxygen atoms in total. The standard InChI is InChI=1S/C28H19NO4/c30-27-24-17-16-23(19-25(24)33-26(27)18-20-10-4-1-5-11-20)32-28(31)29(21-12-6-2-7-13-21)22-14-8-3-9-15-22/h1-19H. The Labute approximate surface area is 191 Å². The summed E-state index contributed by atoms with van der Waals surface area (Å²) in [5.41, 5.74) is 2.64. The van der Waals surface area contributed by atoms with Crippen molar-refractivity contribution < 1.29 is 19.1 Å². The molecule has 0 radical (unpaired) electrons. The van der Waals surface area contributed by atoms with Crippen LogP contribution in [0.1, 0.15) is 15.9 Å². The van der Waals surface area contributed by atoms with Gasteiger partial charge in [-0.15, -0.1) is 0 Å². The normalized spacial score (nSPS) is 13.3. The lowest BCUT2D eigenvalue weighted by Gasteiger charge is -2.22. The number of hydrogen-bond donors (Lipinski definition) is 0. The second-order valence-corrected chi connectivity index (χ2v) is 7.38. The summed E-state index contributed by atoms with van der Waals surface area (Å²) in [7, 11) is 0. The zero-order valence-electron chi connectivity index (χ0n) is 17.5. The minimum absolute atomic E-state index is 0.207. The Morgan fingerprint density at radius 3 is 1.94 bits per heavy atom. The van der Waals surface area contributed by atoms with E-state index in [0.717, 1.165) is 5.56 Å². The highest BCUT2D eigenvalue weighted by molar-refractivity contribution is 6.14. The number of para-hydroxylation sites is 2. The molecule has 1 aliphatic rings. The number of allylic oxidation sites excluding steroid dienone is 1. The second-order valence-electron chi connectivity index (χ2n) is 7.38. The maximum Gasteiger partial charge on any atom is 0.424 e. The summed E-state index contributed by atoms with van der Waals surface area (Å²) < 4.78 is 11.5. The molecule has 0 saturated heterocycles. The quantitative estimate of drug-likeness (QED) is 0.339. The monoisotopic (exact) mass is 433 g/mol. The molecule has 0 aromatic heterocycles. The first-order valence-corrected chi connectivity index (χ1v) is 10.4. The Bertz CT molecular complexity index is 1290. The minimum Gasteiger partial charge on any atom is -0.452 e. The largest absolute Gasteiger partial charge is 0.452 e. The molecule has 1 amide bonds. The van der Waals surface area contributed by atoms with Gasteiger partial charge in [-0.05, 0) is 48.0 Å². The number of benzene rings is 4. The molecule has 0 saturated carbocycles. The summed E-state index contributed by atoms with van der Waals surface area (Å²) in [6.45, 7) is 0. The van der Waals surface area contributed by atoms with Gasteiger partial charge in [0.15, 0.2) is 5.76 Å². The first-order valence-electron chi connectivity index (χ1n) is 10.4. The SMILES string of the molecule is O=C1C(=Cc2ccccc2)Oc2cc(OC(=O)N(c3ccccc3)c3ccccc3)ccc21. The van der Waals surface area contributed by atoms with E-state index in [1.807, 2.05) is 91.0 Å². The Morgan fingerprint density at radius 1 is 0.758 bits per heavy atom. The van der Waals surface area contributed by atoms with E-state index in [-0.39, 0.29) is 17.3 Å². The van der Waals surface area contributed by atoms with Crippen LogP contribution in [0.15, 0.2) is 115 Å². The molecule has 0 unspecified atom stereocenters. The van der Waals surface area contributed by atoms with E-state index < -0.39 is 6.09 Å². The second kappa shape index (κ2) is 8.85. The average Bonchev–Trinajstić information content (AvgIpc) is 3.15. The van der Waals surface area contributed by atoms with Crippen LogP contribution < -0.4 is 14.4 Å². The van der Waals surface area contributed by atoms with Crippen LogP contribution in [0.3, 0.4) is 0 Å². The highest BCUT2D eigenvalue weighted by atomic mass is 16.6. The van der Waals surface area contributed by atoms with Crippen LogP contribution >= 0.6 is 0 Å². The van der Waals surface area contributed by atoms with Crippen molar-refractivity contribution in [3.8, 4) is 11.5 Å². The number of fused-ring (bicyclic) bond motifs is 1. The molecule has 1 heterocycles. The van der Waals surface area contributed by atoms with Crippen molar-refractivity contribution in [3.63, 3.8) is 0 Å². The van der Waals surface area contributed by atoms with Crippen molar-refractivity contribution in [2.45, 2.75) is 0 Å². The molecule has 4 aromatic rings. The van der Waals surface area contributed by atoms with Crippen LogP contribution in [0.25, 0.3) is 6.08 Å². The van der Waals surface area contributed by atoms with Gasteiger partial charge in [-0.25, -0.2) is 9.69 Å². The van der Waals surface area contributed by atoms with Gasteiger partial charge in [0, 0.05) is 6.07 Å². The van der Waals surface area contributed by atoms with Crippen molar-refractivity contribution in [1.29, 1.82) is 0 Å². The number of ketones is 1. The van der Waals surface area contributed by atoms with Gasteiger partial charge in [0.05, 0.1) is 16.9 Å². The van der Waals surface area contributed by atoms with Crippen molar-refractivity contribution >= 4 is 29.3 Å². The third kappa shape index (κ3) is 4.25. The molecular formula is C28H19NO4. The smallest absolute Gasteiger partial charge is 0.424 e. The molecule has 0 fully saturated rings. The number of ether oxygens (including phenoxy) is 2. The van der Waals surface area contributed by atoms with Crippen LogP contribution in [0.4, 0.5) is 16.2 Å². The van der Waals surface area contributed by atoms with Crippen LogP contribution in [-0.2, 0) is 0 Å². The van der Waals surface area contributed by atoms with E-state index in [0.29, 0.717) is 22.7 Å². The summed E-state index contributed by atoms with van der Waals surface area (Å²) in [5.74, 6) is 0.666. The molecule has 0 aliphatic carbocycles. The first kappa shape index (κ1) is 20.3. The molecule has 4 aromatic carbocycles. The topological polar surface area (TPSA) is 55.8 Å². The zero-order chi connectivity index (χ0) is 22.6. The van der Waals surface area contributed by atoms with E-state index in [2.05, 4.69) is 0 Å². The van der Waals surface area contributed by atoms with Crippen LogP contribution in [0, 0.1) is 0 Å². The Kier molecular flexibility index (Phi) is 5.43. The number of hydrogen-bond acceptors (Lipinski definition) is 4. The van der Waals surface area contributed by atoms with Gasteiger partial charge in [0.1, 0.15) is 11.5 Å². The number of nitrogens with zero attached hydrogens (tertiary/aromatic N) is 1. The first-order chi connectivity index (χ1) is 16.2. The van der Waals surface area contributed by atoms with Gasteiger partial charge in [-0.1, -0.05) is 66.7 Å². The van der Waals surface area contributed by atoms with Crippen LogP contribution in [0.2, 0.25) is 0 Å². The van der Waals surface area contributed by atoms with Crippen molar-refractivity contribution in [2.24, 2.45) is 0 Å². The van der Waals surface area contributed by atoms with Gasteiger partial charge < -0.3 is 9.47 Å². The molecule has 0 N–H and O–H groups in total. The molecule has 5 rings (SSSR count). The predicted octanol–water partition coefficient (Wildman–Crippen LogP) is 6.64. The Morgan fingerprint density at radius 2 is 1.33 bits per heavy atom. The summed E-state index contributed by atoms with van der Waals surface area (Å²) in [4.78, 5) is 27.4. The molecule has 5 heteroatoms. The number of carbonyl (C=O) groups is 2. The van der Waals surface area contributed by atoms with Crippen molar-refractivity contribution in [3.05, 3.63) is 126 Å². The van der Waals surface area contributed by atoms with E-state index in [9.17, 15) is 9.59 Å². The highest BCUT2D eigenvalue weighted by Gasteiger charge is 2.28. The molecule has 0 bridgehead atoms. The van der Waals surface area contributed by atoms with Crippen molar-refractivity contribution in [1.82, 2.24) is 0 Å². The molecular weight excluding hydrogens is 414 g/mol. The maximum atomic E-state index is 13.2. The van der Waals surface area contributed by atoms with Gasteiger partial charge in [0.2, 0.25) is 5.78 Å². The van der Waals surface area contributed by atoms with Gasteiger partial charge >= 0.3 is 6.09 Å². The van der Waals surface area contributed by atoms with Crippen LogP contribution in [-0.4, -0.2) is 11.9 Å². The van der Waals surface area contributed by atoms with E-state index in [1.54, 1.807) is 24.3 Å². The number of anilines is 2. The third-order valence-corrected chi connectivity index (χ3v) is 5.16. The van der Waals surface area contributed by atoms with Crippen LogP contribution in [0.5, 0.6) is 11.5 Å². The molecule has 33 heavy (non-hydrogen) atoms. The van der Waals surface area contributed by atoms with Gasteiger partial charge in [0.25, 0.3) is 0 Å². The lowest BCUT2D eigenvalue weighted by atomic mass is 10.1. The number of amides is 1. The van der Waals surface area contributed by atoms with Crippen molar-refractivity contribution in [2.75, 3.05) is 4.90 Å². The number of carbonyl (C=O) groups excluding carboxylic acids is 2. The van der Waals surface area contributed by atoms with E-state index in [1.165, 1.54) is 4.90 Å². The third-order valence-electron chi connectivity index (χ3n) is 5.16. The highest BCUT2D eigenvalue weighted by Crippen LogP contribution is 2.35. The van der Waals surface area contributed by atoms with E-state index >= 15 is 0 Å². The fourth-order valence-electron chi connectivity index (χ4n) is 3.59. The molecule has 0 spiro atoms. The Hall–Kier alpha value is -4.64. The lowest BCUT2D eigenvalue weighted by Crippen LogP contribution is -2.29. The Balaban J connectivity index is 1.40. The fraction of sp³-hybridized carbons (Fsp3) is 0. The lowest BCUT2D eigenvalue weighted by molar-refractivity contribution is 0.101. The summed E-state index contributed by atoms with van der Waals surface area (Å²) in [6, 6.07) is 32.8. The zero-order valence-corrected chi connectivity index (χ0v) is 17.5. The van der Waals surface area contributed by atoms with Gasteiger partial charge in [-0.2, -0.15) is 0 Å². The molecule has 160 valence electrons. The summed E-state index contributed by atoms with van der Waals surface area (Å²) in [6.07, 6.45) is 1.12.